The third-order valence-corrected chi connectivity index (χ3v) is 5.62. The van der Waals surface area contributed by atoms with E-state index in [1.165, 1.54) is 0 Å². The third kappa shape index (κ3) is 2.65. The maximum absolute atomic E-state index is 12.1. The molecule has 0 aromatic rings. The number of methoxy groups -OCH3 is 1. The van der Waals surface area contributed by atoms with E-state index >= 15 is 0 Å². The van der Waals surface area contributed by atoms with Crippen molar-refractivity contribution in [3.05, 3.63) is 0 Å². The van der Waals surface area contributed by atoms with E-state index < -0.39 is 0 Å². The van der Waals surface area contributed by atoms with E-state index in [2.05, 4.69) is 5.32 Å². The van der Waals surface area contributed by atoms with E-state index in [1.54, 1.807) is 7.11 Å². The van der Waals surface area contributed by atoms with Crippen molar-refractivity contribution in [2.75, 3.05) is 13.7 Å². The van der Waals surface area contributed by atoms with Gasteiger partial charge in [-0.25, -0.2) is 0 Å². The molecule has 4 atom stereocenters. The van der Waals surface area contributed by atoms with Gasteiger partial charge in [-0.2, -0.15) is 0 Å². The maximum Gasteiger partial charge on any atom is 0.223 e. The molecule has 0 aliphatic heterocycles. The highest BCUT2D eigenvalue weighted by Gasteiger charge is 2.47. The highest BCUT2D eigenvalue weighted by Crippen LogP contribution is 2.48. The second-order valence-corrected chi connectivity index (χ2v) is 6.77. The molecule has 0 radical (unpaired) electrons. The SMILES string of the molecule is COC1CC(CCNC(=O)C2C[C@@H]3C[C@H](N)[C@@H]3C2)C1. The number of hydrogen-bond acceptors (Lipinski definition) is 3. The van der Waals surface area contributed by atoms with Crippen LogP contribution >= 0.6 is 0 Å². The number of hydrogen-bond donors (Lipinski definition) is 2. The van der Waals surface area contributed by atoms with E-state index in [0.717, 1.165) is 56.9 Å². The van der Waals surface area contributed by atoms with Crippen molar-refractivity contribution in [3.63, 3.8) is 0 Å². The van der Waals surface area contributed by atoms with Gasteiger partial charge >= 0.3 is 0 Å². The summed E-state index contributed by atoms with van der Waals surface area (Å²) in [5.74, 6) is 2.61. The molecule has 1 unspecified atom stereocenters. The van der Waals surface area contributed by atoms with Gasteiger partial charge in [-0.3, -0.25) is 4.79 Å². The van der Waals surface area contributed by atoms with Crippen molar-refractivity contribution in [2.24, 2.45) is 29.4 Å². The summed E-state index contributed by atoms with van der Waals surface area (Å²) in [6.45, 7) is 0.831. The zero-order chi connectivity index (χ0) is 13.4. The average Bonchev–Trinajstić information content (AvgIpc) is 2.69. The maximum atomic E-state index is 12.1. The van der Waals surface area contributed by atoms with Crippen molar-refractivity contribution >= 4 is 5.91 Å². The molecule has 19 heavy (non-hydrogen) atoms. The lowest BCUT2D eigenvalue weighted by Gasteiger charge is -2.37. The summed E-state index contributed by atoms with van der Waals surface area (Å²) in [4.78, 5) is 12.1. The molecule has 108 valence electrons. The van der Waals surface area contributed by atoms with Gasteiger partial charge in [0.05, 0.1) is 6.10 Å². The van der Waals surface area contributed by atoms with Crippen LogP contribution in [0.15, 0.2) is 0 Å². The lowest BCUT2D eigenvalue weighted by atomic mass is 9.72. The number of ether oxygens (including phenoxy) is 1. The van der Waals surface area contributed by atoms with Crippen LogP contribution in [-0.2, 0) is 9.53 Å². The first-order valence-corrected chi connectivity index (χ1v) is 7.73. The average molecular weight is 266 g/mol. The Balaban J connectivity index is 1.32. The van der Waals surface area contributed by atoms with E-state index in [9.17, 15) is 4.79 Å². The van der Waals surface area contributed by atoms with Crippen LogP contribution < -0.4 is 11.1 Å². The van der Waals surface area contributed by atoms with E-state index in [-0.39, 0.29) is 11.8 Å². The number of rotatable bonds is 5. The summed E-state index contributed by atoms with van der Waals surface area (Å²) >= 11 is 0. The van der Waals surface area contributed by atoms with Crippen molar-refractivity contribution in [1.82, 2.24) is 5.32 Å². The van der Waals surface area contributed by atoms with Gasteiger partial charge in [0.2, 0.25) is 5.91 Å². The van der Waals surface area contributed by atoms with Crippen molar-refractivity contribution in [3.8, 4) is 0 Å². The zero-order valence-corrected chi connectivity index (χ0v) is 11.8. The molecule has 0 saturated heterocycles. The van der Waals surface area contributed by atoms with Gasteiger partial charge in [-0.15, -0.1) is 0 Å². The topological polar surface area (TPSA) is 64.3 Å². The van der Waals surface area contributed by atoms with Crippen LogP contribution in [0.5, 0.6) is 0 Å². The Hall–Kier alpha value is -0.610. The van der Waals surface area contributed by atoms with Crippen LogP contribution in [0.3, 0.4) is 0 Å². The van der Waals surface area contributed by atoms with E-state index in [0.29, 0.717) is 18.1 Å². The van der Waals surface area contributed by atoms with Crippen molar-refractivity contribution in [2.45, 2.75) is 50.7 Å². The molecule has 4 heteroatoms. The molecule has 0 bridgehead atoms. The Morgan fingerprint density at radius 3 is 2.68 bits per heavy atom. The van der Waals surface area contributed by atoms with Crippen LogP contribution in [0, 0.1) is 23.7 Å². The van der Waals surface area contributed by atoms with Gasteiger partial charge in [0.25, 0.3) is 0 Å². The first-order valence-electron chi connectivity index (χ1n) is 7.73. The minimum Gasteiger partial charge on any atom is -0.381 e. The third-order valence-electron chi connectivity index (χ3n) is 5.62. The minimum absolute atomic E-state index is 0.233. The summed E-state index contributed by atoms with van der Waals surface area (Å²) in [6.07, 6.45) is 7.11. The van der Waals surface area contributed by atoms with Gasteiger partial charge in [-0.05, 0) is 56.3 Å². The quantitative estimate of drug-likeness (QED) is 0.788. The van der Waals surface area contributed by atoms with Crippen LogP contribution in [0.4, 0.5) is 0 Å². The molecule has 3 N–H and O–H groups in total. The minimum atomic E-state index is 0.233. The lowest BCUT2D eigenvalue weighted by molar-refractivity contribution is -0.125. The molecule has 1 amide bonds. The fraction of sp³-hybridized carbons (Fsp3) is 0.933. The van der Waals surface area contributed by atoms with E-state index in [1.807, 2.05) is 0 Å². The molecule has 0 aromatic carbocycles. The fourth-order valence-electron chi connectivity index (χ4n) is 4.14. The van der Waals surface area contributed by atoms with Crippen LogP contribution in [0.1, 0.15) is 38.5 Å². The molecule has 4 nitrogen and oxygen atoms in total. The molecule has 3 saturated carbocycles. The summed E-state index contributed by atoms with van der Waals surface area (Å²) in [7, 11) is 1.78. The van der Waals surface area contributed by atoms with Gasteiger partial charge in [-0.1, -0.05) is 0 Å². The van der Waals surface area contributed by atoms with Crippen molar-refractivity contribution in [1.29, 1.82) is 0 Å². The Morgan fingerprint density at radius 2 is 2.05 bits per heavy atom. The molecule has 3 aliphatic carbocycles. The Kier molecular flexibility index (Phi) is 3.81. The smallest absolute Gasteiger partial charge is 0.223 e. The number of nitrogens with two attached hydrogens (primary N) is 1. The standard InChI is InChI=1S/C15H26N2O2/c1-19-12-4-9(5-12)2-3-17-15(18)11-6-10-8-14(16)13(10)7-11/h9-14H,2-8,16H2,1H3,(H,17,18)/t9?,10-,11?,12?,13-,14+/m1/s1. The largest absolute Gasteiger partial charge is 0.381 e. The highest BCUT2D eigenvalue weighted by molar-refractivity contribution is 5.79. The number of carbonyl (C=O) groups excluding carboxylic acids is 1. The monoisotopic (exact) mass is 266 g/mol. The van der Waals surface area contributed by atoms with Gasteiger partial charge in [0, 0.05) is 25.6 Å². The lowest BCUT2D eigenvalue weighted by Crippen LogP contribution is -2.44. The Morgan fingerprint density at radius 1 is 1.26 bits per heavy atom. The van der Waals surface area contributed by atoms with Gasteiger partial charge < -0.3 is 15.8 Å². The number of carbonyl (C=O) groups is 1. The zero-order valence-electron chi connectivity index (χ0n) is 11.8. The Bertz CT molecular complexity index is 341. The van der Waals surface area contributed by atoms with E-state index in [4.69, 9.17) is 10.5 Å². The number of nitrogens with one attached hydrogen (secondary N) is 1. The molecule has 3 fully saturated rings. The first kappa shape index (κ1) is 13.4. The molecular formula is C15H26N2O2. The Labute approximate surface area is 115 Å². The predicted molar refractivity (Wildman–Crippen MR) is 73.4 cm³/mol. The van der Waals surface area contributed by atoms with Gasteiger partial charge in [0.15, 0.2) is 0 Å². The predicted octanol–water partition coefficient (Wildman–Crippen LogP) is 1.29. The second kappa shape index (κ2) is 5.41. The van der Waals surface area contributed by atoms with Crippen molar-refractivity contribution < 1.29 is 9.53 Å². The summed E-state index contributed by atoms with van der Waals surface area (Å²) in [5.41, 5.74) is 5.97. The molecule has 0 spiro atoms. The summed E-state index contributed by atoms with van der Waals surface area (Å²) in [5, 5.41) is 3.12. The van der Waals surface area contributed by atoms with Gasteiger partial charge in [0.1, 0.15) is 0 Å². The van der Waals surface area contributed by atoms with Crippen LogP contribution in [0.25, 0.3) is 0 Å². The molecular weight excluding hydrogens is 240 g/mol. The molecule has 0 aromatic heterocycles. The second-order valence-electron chi connectivity index (χ2n) is 6.77. The summed E-state index contributed by atoms with van der Waals surface area (Å²) in [6, 6.07) is 0.365. The number of amides is 1. The fourth-order valence-corrected chi connectivity index (χ4v) is 4.14. The molecule has 0 heterocycles. The van der Waals surface area contributed by atoms with Crippen LogP contribution in [-0.4, -0.2) is 31.7 Å². The summed E-state index contributed by atoms with van der Waals surface area (Å²) < 4.78 is 5.27. The molecule has 3 rings (SSSR count). The normalized spacial score (nSPS) is 44.1. The van der Waals surface area contributed by atoms with Crippen LogP contribution in [0.2, 0.25) is 0 Å². The molecule has 3 aliphatic rings. The highest BCUT2D eigenvalue weighted by atomic mass is 16.5. The first-order chi connectivity index (χ1) is 9.17. The number of fused-ring (bicyclic) bond motifs is 1.